The number of hydrogen-bond acceptors (Lipinski definition) is 4. The van der Waals surface area contributed by atoms with Gasteiger partial charge in [-0.2, -0.15) is 0 Å². The number of hydrogen-bond donors (Lipinski definition) is 1. The van der Waals surface area contributed by atoms with E-state index in [0.717, 1.165) is 5.56 Å². The summed E-state index contributed by atoms with van der Waals surface area (Å²) in [5.74, 6) is 0.594. The Balaban J connectivity index is 1.67. The lowest BCUT2D eigenvalue weighted by molar-refractivity contribution is -0.137. The number of carbonyl (C=O) groups excluding carboxylic acids is 1. The second-order valence-corrected chi connectivity index (χ2v) is 9.20. The van der Waals surface area contributed by atoms with Gasteiger partial charge in [0.1, 0.15) is 6.04 Å². The van der Waals surface area contributed by atoms with Crippen molar-refractivity contribution in [2.24, 2.45) is 0 Å². The normalized spacial score (nSPS) is 16.3. The first kappa shape index (κ1) is 21.8. The average Bonchev–Trinajstić information content (AvgIpc) is 3.35. The van der Waals surface area contributed by atoms with Crippen LogP contribution in [0.25, 0.3) is 0 Å². The van der Waals surface area contributed by atoms with Crippen LogP contribution in [0.1, 0.15) is 53.4 Å². The molecule has 1 saturated heterocycles. The summed E-state index contributed by atoms with van der Waals surface area (Å²) >= 11 is 1.71. The fraction of sp³-hybridized carbons (Fsp3) is 0.346. The Morgan fingerprint density at radius 1 is 0.903 bits per heavy atom. The number of amides is 1. The van der Waals surface area contributed by atoms with Crippen molar-refractivity contribution < 1.29 is 9.53 Å². The van der Waals surface area contributed by atoms with Crippen LogP contribution < -0.4 is 5.32 Å². The topological polar surface area (TPSA) is 41.6 Å². The van der Waals surface area contributed by atoms with Crippen molar-refractivity contribution in [2.75, 3.05) is 26.3 Å². The van der Waals surface area contributed by atoms with E-state index in [1.54, 1.807) is 11.3 Å². The summed E-state index contributed by atoms with van der Waals surface area (Å²) in [6, 6.07) is 22.5. The molecular weight excluding hydrogens is 404 g/mol. The van der Waals surface area contributed by atoms with Crippen molar-refractivity contribution >= 4 is 17.2 Å². The Kier molecular flexibility index (Phi) is 7.17. The fourth-order valence-electron chi connectivity index (χ4n) is 3.96. The minimum Gasteiger partial charge on any atom is -0.378 e. The Morgan fingerprint density at radius 3 is 2.19 bits per heavy atom. The van der Waals surface area contributed by atoms with E-state index in [4.69, 9.17) is 4.74 Å². The molecule has 1 N–H and O–H groups in total. The zero-order valence-corrected chi connectivity index (χ0v) is 19.0. The van der Waals surface area contributed by atoms with Crippen LogP contribution in [-0.2, 0) is 9.53 Å². The fourth-order valence-corrected chi connectivity index (χ4v) is 4.77. The number of carbonyl (C=O) groups is 1. The largest absolute Gasteiger partial charge is 0.378 e. The first-order chi connectivity index (χ1) is 15.1. The van der Waals surface area contributed by atoms with Gasteiger partial charge < -0.3 is 9.64 Å². The molecule has 1 aromatic heterocycles. The highest BCUT2D eigenvalue weighted by Gasteiger charge is 2.30. The highest BCUT2D eigenvalue weighted by Crippen LogP contribution is 2.31. The molecule has 3 aromatic rings. The predicted molar refractivity (Wildman–Crippen MR) is 126 cm³/mol. The van der Waals surface area contributed by atoms with Gasteiger partial charge in [0, 0.05) is 18.0 Å². The summed E-state index contributed by atoms with van der Waals surface area (Å²) in [5.41, 5.74) is 3.47. The maximum absolute atomic E-state index is 13.6. The first-order valence-electron chi connectivity index (χ1n) is 10.9. The van der Waals surface area contributed by atoms with E-state index < -0.39 is 6.04 Å². The lowest BCUT2D eigenvalue weighted by Gasteiger charge is -2.33. The molecule has 0 saturated carbocycles. The number of nitrogens with zero attached hydrogens (tertiary/aromatic N) is 1. The Labute approximate surface area is 188 Å². The molecule has 0 unspecified atom stereocenters. The molecule has 31 heavy (non-hydrogen) atoms. The maximum atomic E-state index is 13.6. The molecule has 4 nitrogen and oxygen atoms in total. The quantitative estimate of drug-likeness (QED) is 0.559. The van der Waals surface area contributed by atoms with E-state index in [0.29, 0.717) is 32.2 Å². The third-order valence-electron chi connectivity index (χ3n) is 5.80. The summed E-state index contributed by atoms with van der Waals surface area (Å²) in [5, 5.41) is 5.80. The molecule has 162 valence electrons. The van der Waals surface area contributed by atoms with Gasteiger partial charge in [-0.25, -0.2) is 0 Å². The van der Waals surface area contributed by atoms with Crippen LogP contribution in [0.5, 0.6) is 0 Å². The summed E-state index contributed by atoms with van der Waals surface area (Å²) in [4.78, 5) is 16.7. The van der Waals surface area contributed by atoms with E-state index in [1.165, 1.54) is 16.0 Å². The van der Waals surface area contributed by atoms with Crippen molar-refractivity contribution in [1.82, 2.24) is 10.2 Å². The van der Waals surface area contributed by atoms with Gasteiger partial charge in [-0.3, -0.25) is 10.1 Å². The van der Waals surface area contributed by atoms with Gasteiger partial charge in [0.2, 0.25) is 5.91 Å². The van der Waals surface area contributed by atoms with Crippen molar-refractivity contribution in [2.45, 2.75) is 31.8 Å². The number of benzene rings is 2. The molecule has 1 amide bonds. The molecule has 0 bridgehead atoms. The summed E-state index contributed by atoms with van der Waals surface area (Å²) in [6.45, 7) is 6.87. The average molecular weight is 435 g/mol. The Bertz CT molecular complexity index is 949. The Hall–Kier alpha value is -2.47. The summed E-state index contributed by atoms with van der Waals surface area (Å²) < 4.78 is 5.46. The van der Waals surface area contributed by atoms with E-state index in [-0.39, 0.29) is 11.9 Å². The van der Waals surface area contributed by atoms with Crippen LogP contribution in [0.15, 0.2) is 72.1 Å². The van der Waals surface area contributed by atoms with E-state index in [9.17, 15) is 4.79 Å². The molecule has 2 heterocycles. The summed E-state index contributed by atoms with van der Waals surface area (Å²) in [7, 11) is 0. The molecule has 2 atom stereocenters. The zero-order chi connectivity index (χ0) is 21.6. The smallest absolute Gasteiger partial charge is 0.244 e. The van der Waals surface area contributed by atoms with Crippen LogP contribution in [0, 0.1) is 0 Å². The number of thiophene rings is 1. The lowest BCUT2D eigenvalue weighted by atomic mass is 9.96. The van der Waals surface area contributed by atoms with Gasteiger partial charge >= 0.3 is 0 Å². The van der Waals surface area contributed by atoms with Crippen LogP contribution in [-0.4, -0.2) is 37.1 Å². The number of nitrogens with one attached hydrogen (secondary N) is 1. The summed E-state index contributed by atoms with van der Waals surface area (Å²) in [6.07, 6.45) is 0. The SMILES string of the molecule is CC(C)c1ccc([C@@H](N[C@H](C(=O)N2CCOCC2)c2ccccc2)c2cccs2)cc1. The van der Waals surface area contributed by atoms with E-state index >= 15 is 0 Å². The minimum absolute atomic E-state index is 0.0589. The molecular formula is C26H30N2O2S. The molecule has 4 rings (SSSR count). The standard InChI is InChI=1S/C26H30N2O2S/c1-19(2)20-10-12-22(13-11-20)24(23-9-6-18-31-23)27-25(21-7-4-3-5-8-21)26(29)28-14-16-30-17-15-28/h3-13,18-19,24-25,27H,14-17H2,1-2H3/t24-,25+/m1/s1. The molecule has 0 aliphatic carbocycles. The third kappa shape index (κ3) is 5.24. The van der Waals surface area contributed by atoms with Crippen molar-refractivity contribution in [1.29, 1.82) is 0 Å². The molecule has 0 radical (unpaired) electrons. The highest BCUT2D eigenvalue weighted by atomic mass is 32.1. The highest BCUT2D eigenvalue weighted by molar-refractivity contribution is 7.10. The predicted octanol–water partition coefficient (Wildman–Crippen LogP) is 5.15. The molecule has 5 heteroatoms. The number of morpholine rings is 1. The van der Waals surface area contributed by atoms with Gasteiger partial charge in [-0.05, 0) is 34.1 Å². The lowest BCUT2D eigenvalue weighted by Crippen LogP contribution is -2.47. The number of ether oxygens (including phenoxy) is 1. The Morgan fingerprint density at radius 2 is 1.58 bits per heavy atom. The maximum Gasteiger partial charge on any atom is 0.244 e. The molecule has 2 aromatic carbocycles. The van der Waals surface area contributed by atoms with Crippen molar-refractivity contribution in [3.05, 3.63) is 93.7 Å². The molecule has 1 aliphatic heterocycles. The van der Waals surface area contributed by atoms with Gasteiger partial charge in [0.05, 0.1) is 19.3 Å². The second kappa shape index (κ2) is 10.2. The molecule has 0 spiro atoms. The van der Waals surface area contributed by atoms with Crippen molar-refractivity contribution in [3.8, 4) is 0 Å². The minimum atomic E-state index is -0.420. The van der Waals surface area contributed by atoms with Gasteiger partial charge in [0.15, 0.2) is 0 Å². The van der Waals surface area contributed by atoms with E-state index in [1.807, 2.05) is 35.2 Å². The van der Waals surface area contributed by atoms with Crippen LogP contribution in [0.2, 0.25) is 0 Å². The monoisotopic (exact) mass is 434 g/mol. The van der Waals surface area contributed by atoms with Crippen LogP contribution in [0.4, 0.5) is 0 Å². The first-order valence-corrected chi connectivity index (χ1v) is 11.8. The zero-order valence-electron chi connectivity index (χ0n) is 18.2. The molecule has 1 aliphatic rings. The van der Waals surface area contributed by atoms with Gasteiger partial charge in [-0.1, -0.05) is 74.5 Å². The van der Waals surface area contributed by atoms with E-state index in [2.05, 4.69) is 60.9 Å². The van der Waals surface area contributed by atoms with Crippen LogP contribution >= 0.6 is 11.3 Å². The van der Waals surface area contributed by atoms with Crippen molar-refractivity contribution in [3.63, 3.8) is 0 Å². The number of rotatable bonds is 7. The third-order valence-corrected chi connectivity index (χ3v) is 6.74. The van der Waals surface area contributed by atoms with Gasteiger partial charge in [-0.15, -0.1) is 11.3 Å². The second-order valence-electron chi connectivity index (χ2n) is 8.22. The van der Waals surface area contributed by atoms with Crippen LogP contribution in [0.3, 0.4) is 0 Å². The molecule has 1 fully saturated rings. The van der Waals surface area contributed by atoms with Gasteiger partial charge in [0.25, 0.3) is 0 Å².